The second-order valence-electron chi connectivity index (χ2n) is 7.06. The SMILES string of the molecule is CNC1CCC(C)(C)CC1N1CCCN(C)CC1. The Balaban J connectivity index is 2.02. The summed E-state index contributed by atoms with van der Waals surface area (Å²) in [6.07, 6.45) is 5.37. The summed E-state index contributed by atoms with van der Waals surface area (Å²) in [4.78, 5) is 5.23. The van der Waals surface area contributed by atoms with Crippen LogP contribution in [0.1, 0.15) is 39.5 Å². The molecule has 2 aliphatic rings. The normalized spacial score (nSPS) is 35.3. The molecule has 106 valence electrons. The quantitative estimate of drug-likeness (QED) is 0.809. The highest BCUT2D eigenvalue weighted by Crippen LogP contribution is 2.37. The van der Waals surface area contributed by atoms with Gasteiger partial charge in [-0.1, -0.05) is 13.8 Å². The molecule has 0 bridgehead atoms. The molecule has 18 heavy (non-hydrogen) atoms. The van der Waals surface area contributed by atoms with Gasteiger partial charge in [0.25, 0.3) is 0 Å². The monoisotopic (exact) mass is 253 g/mol. The van der Waals surface area contributed by atoms with Crippen molar-refractivity contribution in [2.75, 3.05) is 40.3 Å². The van der Waals surface area contributed by atoms with Gasteiger partial charge in [0.15, 0.2) is 0 Å². The average molecular weight is 253 g/mol. The Hall–Kier alpha value is -0.120. The van der Waals surface area contributed by atoms with Crippen LogP contribution in [0.15, 0.2) is 0 Å². The number of rotatable bonds is 2. The van der Waals surface area contributed by atoms with E-state index in [-0.39, 0.29) is 0 Å². The maximum absolute atomic E-state index is 3.57. The second kappa shape index (κ2) is 5.89. The van der Waals surface area contributed by atoms with Gasteiger partial charge >= 0.3 is 0 Å². The molecular weight excluding hydrogens is 222 g/mol. The van der Waals surface area contributed by atoms with Gasteiger partial charge in [-0.2, -0.15) is 0 Å². The zero-order valence-electron chi connectivity index (χ0n) is 12.7. The van der Waals surface area contributed by atoms with Gasteiger partial charge in [-0.05, 0) is 58.3 Å². The van der Waals surface area contributed by atoms with Crippen molar-refractivity contribution in [2.24, 2.45) is 5.41 Å². The summed E-state index contributed by atoms with van der Waals surface area (Å²) in [5.41, 5.74) is 0.524. The van der Waals surface area contributed by atoms with Crippen LogP contribution in [0.3, 0.4) is 0 Å². The summed E-state index contributed by atoms with van der Waals surface area (Å²) in [6, 6.07) is 1.44. The molecule has 2 unspecified atom stereocenters. The van der Waals surface area contributed by atoms with Crippen LogP contribution in [0, 0.1) is 5.41 Å². The summed E-state index contributed by atoms with van der Waals surface area (Å²) < 4.78 is 0. The molecule has 0 aromatic heterocycles. The molecule has 0 radical (unpaired) electrons. The largest absolute Gasteiger partial charge is 0.315 e. The number of hydrogen-bond donors (Lipinski definition) is 1. The van der Waals surface area contributed by atoms with Crippen molar-refractivity contribution in [1.29, 1.82) is 0 Å². The van der Waals surface area contributed by atoms with Gasteiger partial charge in [0.2, 0.25) is 0 Å². The first kappa shape index (κ1) is 14.3. The van der Waals surface area contributed by atoms with Crippen LogP contribution >= 0.6 is 0 Å². The Bertz CT molecular complexity index is 264. The minimum atomic E-state index is 0.524. The lowest BCUT2D eigenvalue weighted by Crippen LogP contribution is -2.54. The van der Waals surface area contributed by atoms with E-state index in [1.54, 1.807) is 0 Å². The molecule has 1 heterocycles. The molecule has 3 heteroatoms. The van der Waals surface area contributed by atoms with Gasteiger partial charge in [-0.15, -0.1) is 0 Å². The molecule has 0 spiro atoms. The molecule has 0 aromatic carbocycles. The van der Waals surface area contributed by atoms with E-state index in [4.69, 9.17) is 0 Å². The Labute approximate surface area is 113 Å². The Kier molecular flexibility index (Phi) is 4.68. The Morgan fingerprint density at radius 2 is 1.89 bits per heavy atom. The lowest BCUT2D eigenvalue weighted by molar-refractivity contribution is 0.0702. The number of nitrogens with one attached hydrogen (secondary N) is 1. The molecule has 1 aliphatic carbocycles. The summed E-state index contributed by atoms with van der Waals surface area (Å²) in [5, 5.41) is 3.57. The minimum Gasteiger partial charge on any atom is -0.315 e. The fraction of sp³-hybridized carbons (Fsp3) is 1.00. The first-order valence-electron chi connectivity index (χ1n) is 7.62. The number of likely N-dealkylation sites (N-methyl/N-ethyl adjacent to an activating group) is 2. The van der Waals surface area contributed by atoms with E-state index >= 15 is 0 Å². The summed E-state index contributed by atoms with van der Waals surface area (Å²) in [5.74, 6) is 0. The lowest BCUT2D eigenvalue weighted by atomic mass is 9.72. The molecule has 0 amide bonds. The fourth-order valence-corrected chi connectivity index (χ4v) is 3.67. The molecule has 1 N–H and O–H groups in total. The van der Waals surface area contributed by atoms with E-state index in [0.717, 1.165) is 6.04 Å². The number of nitrogens with zero attached hydrogens (tertiary/aromatic N) is 2. The van der Waals surface area contributed by atoms with E-state index in [2.05, 4.69) is 43.1 Å². The fourth-order valence-electron chi connectivity index (χ4n) is 3.67. The first-order chi connectivity index (χ1) is 8.52. The topological polar surface area (TPSA) is 18.5 Å². The third-order valence-corrected chi connectivity index (χ3v) is 4.95. The standard InChI is InChI=1S/C15H31N3/c1-15(2)7-6-13(16-3)14(12-15)18-9-5-8-17(4)10-11-18/h13-14,16H,5-12H2,1-4H3. The summed E-state index contributed by atoms with van der Waals surface area (Å²) >= 11 is 0. The van der Waals surface area contributed by atoms with Crippen molar-refractivity contribution in [3.8, 4) is 0 Å². The predicted octanol–water partition coefficient (Wildman–Crippen LogP) is 1.79. The number of hydrogen-bond acceptors (Lipinski definition) is 3. The van der Waals surface area contributed by atoms with Crippen LogP contribution in [-0.4, -0.2) is 62.2 Å². The van der Waals surface area contributed by atoms with Crippen molar-refractivity contribution >= 4 is 0 Å². The molecule has 2 fully saturated rings. The third kappa shape index (κ3) is 3.46. The molecule has 2 rings (SSSR count). The smallest absolute Gasteiger partial charge is 0.0254 e. The van der Waals surface area contributed by atoms with Gasteiger partial charge in [0.05, 0.1) is 0 Å². The van der Waals surface area contributed by atoms with Gasteiger partial charge in [0, 0.05) is 25.2 Å². The van der Waals surface area contributed by atoms with Crippen molar-refractivity contribution in [2.45, 2.75) is 51.6 Å². The predicted molar refractivity (Wildman–Crippen MR) is 78.0 cm³/mol. The Morgan fingerprint density at radius 1 is 1.11 bits per heavy atom. The highest BCUT2D eigenvalue weighted by Gasteiger charge is 2.37. The highest BCUT2D eigenvalue weighted by atomic mass is 15.2. The first-order valence-corrected chi connectivity index (χ1v) is 7.62. The summed E-state index contributed by atoms with van der Waals surface area (Å²) in [7, 11) is 4.39. The molecule has 0 aromatic rings. The van der Waals surface area contributed by atoms with Crippen LogP contribution in [0.5, 0.6) is 0 Å². The molecule has 1 aliphatic heterocycles. The lowest BCUT2D eigenvalue weighted by Gasteiger charge is -2.45. The van der Waals surface area contributed by atoms with Crippen LogP contribution in [0.25, 0.3) is 0 Å². The molecule has 2 atom stereocenters. The van der Waals surface area contributed by atoms with Crippen LogP contribution in [0.4, 0.5) is 0 Å². The minimum absolute atomic E-state index is 0.524. The second-order valence-corrected chi connectivity index (χ2v) is 7.06. The zero-order valence-corrected chi connectivity index (χ0v) is 12.7. The molecule has 1 saturated carbocycles. The van der Waals surface area contributed by atoms with Crippen molar-refractivity contribution < 1.29 is 0 Å². The van der Waals surface area contributed by atoms with Crippen molar-refractivity contribution in [3.05, 3.63) is 0 Å². The third-order valence-electron chi connectivity index (χ3n) is 4.95. The van der Waals surface area contributed by atoms with E-state index in [9.17, 15) is 0 Å². The maximum atomic E-state index is 3.57. The van der Waals surface area contributed by atoms with E-state index in [0.29, 0.717) is 11.5 Å². The van der Waals surface area contributed by atoms with Gasteiger partial charge in [-0.25, -0.2) is 0 Å². The zero-order chi connectivity index (χ0) is 13.2. The van der Waals surface area contributed by atoms with Gasteiger partial charge < -0.3 is 10.2 Å². The molecule has 1 saturated heterocycles. The maximum Gasteiger partial charge on any atom is 0.0254 e. The van der Waals surface area contributed by atoms with Crippen molar-refractivity contribution in [1.82, 2.24) is 15.1 Å². The van der Waals surface area contributed by atoms with Gasteiger partial charge in [0.1, 0.15) is 0 Å². The van der Waals surface area contributed by atoms with Crippen LogP contribution < -0.4 is 5.32 Å². The van der Waals surface area contributed by atoms with Gasteiger partial charge in [-0.3, -0.25) is 4.90 Å². The molecular formula is C15H31N3. The Morgan fingerprint density at radius 3 is 2.61 bits per heavy atom. The van der Waals surface area contributed by atoms with E-state index < -0.39 is 0 Å². The summed E-state index contributed by atoms with van der Waals surface area (Å²) in [6.45, 7) is 9.90. The highest BCUT2D eigenvalue weighted by molar-refractivity contribution is 4.94. The van der Waals surface area contributed by atoms with Crippen LogP contribution in [-0.2, 0) is 0 Å². The van der Waals surface area contributed by atoms with Crippen molar-refractivity contribution in [3.63, 3.8) is 0 Å². The molecule has 3 nitrogen and oxygen atoms in total. The average Bonchev–Trinajstić information content (AvgIpc) is 2.53. The van der Waals surface area contributed by atoms with E-state index in [1.165, 1.54) is 51.9 Å². The van der Waals surface area contributed by atoms with E-state index in [1.807, 2.05) is 0 Å². The van der Waals surface area contributed by atoms with Crippen LogP contribution in [0.2, 0.25) is 0 Å².